The molecule has 0 amide bonds. The summed E-state index contributed by atoms with van der Waals surface area (Å²) >= 11 is 0. The molecule has 0 spiro atoms. The van der Waals surface area contributed by atoms with Gasteiger partial charge in [-0.3, -0.25) is 23.7 Å². The normalized spacial score (nSPS) is 15.8. The number of carbonyl (C=O) groups is 4. The number of esters is 4. The van der Waals surface area contributed by atoms with E-state index in [4.69, 9.17) is 18.9 Å². The summed E-state index contributed by atoms with van der Waals surface area (Å²) in [5, 5.41) is -4.00. The fraction of sp³-hybridized carbons (Fsp3) is 0.678. The van der Waals surface area contributed by atoms with Gasteiger partial charge >= 0.3 is 53.4 Å². The maximum Gasteiger partial charge on any atom is 1.00 e. The van der Waals surface area contributed by atoms with Crippen LogP contribution in [0.4, 0.5) is 0 Å². The van der Waals surface area contributed by atoms with Gasteiger partial charge in [0.2, 0.25) is 5.71 Å². The van der Waals surface area contributed by atoms with Crippen molar-refractivity contribution in [1.29, 1.82) is 0 Å². The van der Waals surface area contributed by atoms with Crippen molar-refractivity contribution in [3.63, 3.8) is 0 Å². The van der Waals surface area contributed by atoms with E-state index in [0.29, 0.717) is 6.04 Å². The Bertz CT molecular complexity index is 2260. The summed E-state index contributed by atoms with van der Waals surface area (Å²) in [5.74, 6) is -3.35. The molecule has 2 aromatic rings. The van der Waals surface area contributed by atoms with Crippen LogP contribution in [-0.2, 0) is 76.9 Å². The molecule has 0 saturated carbocycles. The van der Waals surface area contributed by atoms with E-state index in [1.165, 1.54) is 28.2 Å². The molecule has 1 radical (unpaired) electrons. The summed E-state index contributed by atoms with van der Waals surface area (Å²) in [6, 6.07) is 8.63. The number of aryl methyl sites for hydroxylation is 1. The van der Waals surface area contributed by atoms with Crippen molar-refractivity contribution in [2.75, 3.05) is 26.4 Å². The summed E-state index contributed by atoms with van der Waals surface area (Å²) in [6.07, 6.45) is 26.9. The van der Waals surface area contributed by atoms with Gasteiger partial charge in [-0.1, -0.05) is 145 Å². The van der Waals surface area contributed by atoms with E-state index >= 15 is 0 Å². The minimum Gasteiger partial charge on any atom is -0.747 e. The van der Waals surface area contributed by atoms with Crippen molar-refractivity contribution in [2.45, 2.75) is 208 Å². The second-order valence-electron chi connectivity index (χ2n) is 20.4. The summed E-state index contributed by atoms with van der Waals surface area (Å²) in [4.78, 5) is 58.1. The average Bonchev–Trinajstić information content (AvgIpc) is 4.28. The van der Waals surface area contributed by atoms with Gasteiger partial charge in [0.15, 0.2) is 16.5 Å². The smallest absolute Gasteiger partial charge is 0.747 e. The zero-order chi connectivity index (χ0) is 58.5. The molecule has 0 saturated heterocycles. The molecule has 17 nitrogen and oxygen atoms in total. The summed E-state index contributed by atoms with van der Waals surface area (Å²) in [5.41, 5.74) is 6.48. The first-order valence-electron chi connectivity index (χ1n) is 28.6. The summed E-state index contributed by atoms with van der Waals surface area (Å²) in [6.45, 7) is 20.9. The Balaban J connectivity index is 0. The summed E-state index contributed by atoms with van der Waals surface area (Å²) in [7, 11) is -9.78. The van der Waals surface area contributed by atoms with Crippen LogP contribution in [0, 0.1) is 30.6 Å². The molecular weight excluding hydrogens is 1110 g/mol. The zero-order valence-electron chi connectivity index (χ0n) is 50.1. The molecule has 2 aromatic heterocycles. The van der Waals surface area contributed by atoms with Crippen LogP contribution in [0.25, 0.3) is 5.57 Å². The zero-order valence-corrected chi connectivity index (χ0v) is 55.1. The molecule has 3 heterocycles. The first kappa shape index (κ1) is 78.8. The first-order chi connectivity index (χ1) is 37.1. The van der Waals surface area contributed by atoms with Crippen molar-refractivity contribution < 1.29 is 117 Å². The molecule has 449 valence electrons. The van der Waals surface area contributed by atoms with Gasteiger partial charge < -0.3 is 33.5 Å². The molecular formula is C59H97N3NaO14S2V+. The molecule has 2 aliphatic rings. The predicted molar refractivity (Wildman–Crippen MR) is 307 cm³/mol. The molecule has 0 fully saturated rings. The Morgan fingerprint density at radius 1 is 0.650 bits per heavy atom. The Morgan fingerprint density at radius 2 is 1.05 bits per heavy atom. The fourth-order valence-electron chi connectivity index (χ4n) is 8.28. The molecule has 1 aliphatic carbocycles. The van der Waals surface area contributed by atoms with Crippen LogP contribution >= 0.6 is 0 Å². The molecule has 0 bridgehead atoms. The quantitative estimate of drug-likeness (QED) is 0.0229. The molecule has 0 aromatic carbocycles. The largest absolute Gasteiger partial charge is 1.00 e. The van der Waals surface area contributed by atoms with Gasteiger partial charge in [0, 0.05) is 67.3 Å². The third-order valence-electron chi connectivity index (χ3n) is 13.8. The number of H-pyrrole nitrogens is 2. The number of hydrogen-bond donors (Lipinski definition) is 4. The second-order valence-corrected chi connectivity index (χ2v) is 23.5. The first-order valence-corrected chi connectivity index (χ1v) is 31.6. The number of nitrogens with one attached hydrogen (secondary N) is 3. The predicted octanol–water partition coefficient (Wildman–Crippen LogP) is 7.49. The van der Waals surface area contributed by atoms with Crippen LogP contribution in [0.3, 0.4) is 0 Å². The van der Waals surface area contributed by atoms with Crippen LogP contribution in [0.5, 0.6) is 0 Å². The number of unbranched alkanes of at least 4 members (excludes halogenated alkanes) is 4. The Hall–Kier alpha value is -3.27. The van der Waals surface area contributed by atoms with Gasteiger partial charge in [0.05, 0.1) is 39.3 Å². The van der Waals surface area contributed by atoms with Gasteiger partial charge in [-0.15, -0.1) is 0 Å². The molecule has 4 N–H and O–H groups in total. The van der Waals surface area contributed by atoms with Gasteiger partial charge in [0.25, 0.3) is 10.1 Å². The van der Waals surface area contributed by atoms with E-state index in [9.17, 15) is 45.1 Å². The van der Waals surface area contributed by atoms with Crippen LogP contribution < -0.4 is 34.5 Å². The number of rotatable bonds is 34. The fourth-order valence-corrected chi connectivity index (χ4v) is 9.58. The SMILES string of the molecule is CCCCC(CC)COC(=O)CC(C(=O)OCC(CC)CCCC)S(=O)(=O)O.CCCCC(CC)COC(=O)CC(C(=O)OCC(CC)CCCC)S(=O)(=O)[O-].Cc1ccc(C2=CC=C(C3=[NH+]C(C)C=C3)C2)[nH]1.[Na+].[V].c1cc[nH]c1. The van der Waals surface area contributed by atoms with Crippen LogP contribution in [0.15, 0.2) is 66.5 Å². The number of ether oxygens (including phenoxy) is 4. The maximum absolute atomic E-state index is 12.2. The Labute approximate surface area is 514 Å². The number of allylic oxidation sites excluding steroid dienone is 5. The second kappa shape index (κ2) is 45.2. The number of carbonyl (C=O) groups excluding carboxylic acids is 4. The van der Waals surface area contributed by atoms with Crippen LogP contribution in [-0.4, -0.2) is 108 Å². The van der Waals surface area contributed by atoms with Crippen molar-refractivity contribution in [2.24, 2.45) is 23.7 Å². The average molecular weight is 1210 g/mol. The number of aromatic nitrogens is 2. The van der Waals surface area contributed by atoms with Crippen LogP contribution in [0.1, 0.15) is 196 Å². The topological polar surface area (TPSA) is 262 Å². The number of aromatic amines is 2. The van der Waals surface area contributed by atoms with Gasteiger partial charge in [-0.25, -0.2) is 13.4 Å². The Morgan fingerprint density at radius 3 is 1.38 bits per heavy atom. The molecule has 7 atom stereocenters. The van der Waals surface area contributed by atoms with Crippen LogP contribution in [0.2, 0.25) is 0 Å². The van der Waals surface area contributed by atoms with Crippen molar-refractivity contribution in [1.82, 2.24) is 9.97 Å². The van der Waals surface area contributed by atoms with Gasteiger partial charge in [-0.2, -0.15) is 8.42 Å². The van der Waals surface area contributed by atoms with Gasteiger partial charge in [-0.05, 0) is 92.2 Å². The van der Waals surface area contributed by atoms with E-state index in [0.717, 1.165) is 109 Å². The minimum atomic E-state index is -5.01. The van der Waals surface area contributed by atoms with Gasteiger partial charge in [0.1, 0.15) is 10.1 Å². The standard InChI is InChI=1S/2C20H38O7S.C15H16N2.C4H5N.Na.V/c2*1-5-9-11-16(7-3)14-26-19(21)13-18(28(23,24)25)20(22)27-15-17(8-4)12-10-6-2;1-10-3-7-14(16-10)12-5-6-13(9-12)15-8-4-11(2)17-15;1-2-4-5-3-1;;/h2*16-18H,5-15H2,1-4H3,(H,23,24,25);3-8,10,17H,9H2,1-2H3;1-5H;;/q;;;;+1;. The molecule has 4 rings (SSSR count). The van der Waals surface area contributed by atoms with E-state index in [1.54, 1.807) is 0 Å². The van der Waals surface area contributed by atoms with E-state index in [2.05, 4.69) is 92.9 Å². The molecule has 80 heavy (non-hydrogen) atoms. The van der Waals surface area contributed by atoms with E-state index < -0.39 is 67.5 Å². The third kappa shape index (κ3) is 34.4. The minimum absolute atomic E-state index is 0. The molecule has 21 heteroatoms. The molecule has 1 aliphatic heterocycles. The maximum atomic E-state index is 12.2. The monoisotopic (exact) mass is 1210 g/mol. The van der Waals surface area contributed by atoms with E-state index in [1.807, 2.05) is 52.2 Å². The summed E-state index contributed by atoms with van der Waals surface area (Å²) < 4.78 is 87.3. The van der Waals surface area contributed by atoms with Crippen molar-refractivity contribution in [3.8, 4) is 0 Å². The van der Waals surface area contributed by atoms with Crippen molar-refractivity contribution >= 4 is 55.4 Å². The van der Waals surface area contributed by atoms with E-state index in [-0.39, 0.29) is 98.2 Å². The Kier molecular flexibility index (Phi) is 44.5. The number of hydrogen-bond acceptors (Lipinski definition) is 13. The molecule has 7 unspecified atom stereocenters. The van der Waals surface area contributed by atoms with Crippen molar-refractivity contribution in [3.05, 3.63) is 77.9 Å². The third-order valence-corrected chi connectivity index (χ3v) is 15.9.